The molecule has 0 bridgehead atoms. The highest BCUT2D eigenvalue weighted by Gasteiger charge is 2.22. The minimum atomic E-state index is -0.495. The summed E-state index contributed by atoms with van der Waals surface area (Å²) in [7, 11) is 0. The highest BCUT2D eigenvalue weighted by Crippen LogP contribution is 2.18. The fraction of sp³-hybridized carbons (Fsp3) is 0.250. The van der Waals surface area contributed by atoms with E-state index < -0.39 is 5.54 Å². The van der Waals surface area contributed by atoms with Crippen molar-refractivity contribution in [3.63, 3.8) is 0 Å². The zero-order valence-electron chi connectivity index (χ0n) is 11.6. The number of amides is 1. The van der Waals surface area contributed by atoms with Crippen LogP contribution in [0.25, 0.3) is 0 Å². The van der Waals surface area contributed by atoms with E-state index in [0.29, 0.717) is 0 Å². The Hall–Kier alpha value is -2.23. The van der Waals surface area contributed by atoms with Crippen molar-refractivity contribution in [3.8, 4) is 0 Å². The Labute approximate surface area is 117 Å². The molecule has 4 heteroatoms. The van der Waals surface area contributed by atoms with Crippen LogP contribution in [-0.4, -0.2) is 10.9 Å². The molecule has 1 aromatic heterocycles. The summed E-state index contributed by atoms with van der Waals surface area (Å²) < 4.78 is 12.8. The maximum absolute atomic E-state index is 12.8. The van der Waals surface area contributed by atoms with Crippen molar-refractivity contribution in [2.24, 2.45) is 0 Å². The number of halogens is 1. The van der Waals surface area contributed by atoms with Gasteiger partial charge in [-0.25, -0.2) is 4.39 Å². The van der Waals surface area contributed by atoms with Crippen LogP contribution in [0.3, 0.4) is 0 Å². The van der Waals surface area contributed by atoms with Crippen LogP contribution in [0.2, 0.25) is 0 Å². The predicted octanol–water partition coefficient (Wildman–Crippen LogP) is 2.81. The topological polar surface area (TPSA) is 42.0 Å². The van der Waals surface area contributed by atoms with E-state index in [1.54, 1.807) is 24.5 Å². The molecule has 0 unspecified atom stereocenters. The van der Waals surface area contributed by atoms with Crippen LogP contribution in [0.5, 0.6) is 0 Å². The summed E-state index contributed by atoms with van der Waals surface area (Å²) in [4.78, 5) is 16.1. The first-order valence-corrected chi connectivity index (χ1v) is 6.43. The van der Waals surface area contributed by atoms with Crippen LogP contribution in [0.4, 0.5) is 4.39 Å². The molecular weight excluding hydrogens is 255 g/mol. The van der Waals surface area contributed by atoms with Gasteiger partial charge in [-0.1, -0.05) is 18.2 Å². The average molecular weight is 272 g/mol. The van der Waals surface area contributed by atoms with E-state index in [1.807, 2.05) is 26.0 Å². The molecule has 0 saturated heterocycles. The lowest BCUT2D eigenvalue weighted by atomic mass is 9.95. The van der Waals surface area contributed by atoms with Gasteiger partial charge < -0.3 is 5.32 Å². The summed E-state index contributed by atoms with van der Waals surface area (Å²) in [5.74, 6) is -0.407. The standard InChI is InChI=1S/C16H17FN2O/c1-16(2,13-4-3-9-18-11-13)19-15(20)10-12-5-7-14(17)8-6-12/h3-9,11H,10H2,1-2H3,(H,19,20). The van der Waals surface area contributed by atoms with Gasteiger partial charge in [-0.05, 0) is 43.2 Å². The van der Waals surface area contributed by atoms with Crippen molar-refractivity contribution in [2.75, 3.05) is 0 Å². The van der Waals surface area contributed by atoms with Gasteiger partial charge in [-0.2, -0.15) is 0 Å². The highest BCUT2D eigenvalue weighted by molar-refractivity contribution is 5.79. The van der Waals surface area contributed by atoms with Crippen molar-refractivity contribution < 1.29 is 9.18 Å². The lowest BCUT2D eigenvalue weighted by Crippen LogP contribution is -2.41. The van der Waals surface area contributed by atoms with Crippen molar-refractivity contribution in [1.82, 2.24) is 10.3 Å². The second-order valence-electron chi connectivity index (χ2n) is 5.22. The van der Waals surface area contributed by atoms with E-state index in [9.17, 15) is 9.18 Å². The number of pyridine rings is 1. The van der Waals surface area contributed by atoms with Crippen LogP contribution in [0.15, 0.2) is 48.8 Å². The van der Waals surface area contributed by atoms with Crippen LogP contribution < -0.4 is 5.32 Å². The third-order valence-corrected chi connectivity index (χ3v) is 3.11. The van der Waals surface area contributed by atoms with Crippen molar-refractivity contribution >= 4 is 5.91 Å². The Morgan fingerprint density at radius 2 is 1.95 bits per heavy atom. The predicted molar refractivity (Wildman–Crippen MR) is 75.5 cm³/mol. The molecule has 0 aliphatic rings. The third-order valence-electron chi connectivity index (χ3n) is 3.11. The molecule has 1 aromatic carbocycles. The summed E-state index contributed by atoms with van der Waals surface area (Å²) >= 11 is 0. The number of hydrogen-bond donors (Lipinski definition) is 1. The average Bonchev–Trinajstić information content (AvgIpc) is 2.42. The number of rotatable bonds is 4. The van der Waals surface area contributed by atoms with Gasteiger partial charge in [0.1, 0.15) is 5.82 Å². The van der Waals surface area contributed by atoms with E-state index >= 15 is 0 Å². The van der Waals surface area contributed by atoms with E-state index in [4.69, 9.17) is 0 Å². The first-order valence-electron chi connectivity index (χ1n) is 6.43. The maximum atomic E-state index is 12.8. The number of nitrogens with one attached hydrogen (secondary N) is 1. The summed E-state index contributed by atoms with van der Waals surface area (Å²) in [5, 5.41) is 2.96. The molecule has 0 aliphatic heterocycles. The second kappa shape index (κ2) is 5.82. The molecule has 20 heavy (non-hydrogen) atoms. The van der Waals surface area contributed by atoms with Gasteiger partial charge in [0.2, 0.25) is 5.91 Å². The van der Waals surface area contributed by atoms with E-state index in [-0.39, 0.29) is 18.1 Å². The Kier molecular flexibility index (Phi) is 4.13. The normalized spacial score (nSPS) is 11.2. The Bertz CT molecular complexity index is 579. The number of carbonyl (C=O) groups excluding carboxylic acids is 1. The Balaban J connectivity index is 2.02. The molecular formula is C16H17FN2O. The summed E-state index contributed by atoms with van der Waals surface area (Å²) in [6, 6.07) is 9.70. The quantitative estimate of drug-likeness (QED) is 0.930. The third kappa shape index (κ3) is 3.63. The molecule has 0 spiro atoms. The minimum Gasteiger partial charge on any atom is -0.347 e. The summed E-state index contributed by atoms with van der Waals surface area (Å²) in [6.07, 6.45) is 3.65. The van der Waals surface area contributed by atoms with Crippen molar-refractivity contribution in [2.45, 2.75) is 25.8 Å². The Morgan fingerprint density at radius 1 is 1.25 bits per heavy atom. The highest BCUT2D eigenvalue weighted by atomic mass is 19.1. The molecule has 1 N–H and O–H groups in total. The number of nitrogens with zero attached hydrogens (tertiary/aromatic N) is 1. The molecule has 1 amide bonds. The van der Waals surface area contributed by atoms with Crippen molar-refractivity contribution in [1.29, 1.82) is 0 Å². The summed E-state index contributed by atoms with van der Waals surface area (Å²) in [5.41, 5.74) is 1.23. The van der Waals surface area contributed by atoms with Crippen molar-refractivity contribution in [3.05, 3.63) is 65.7 Å². The number of hydrogen-bond acceptors (Lipinski definition) is 2. The van der Waals surface area contributed by atoms with Gasteiger partial charge in [-0.15, -0.1) is 0 Å². The smallest absolute Gasteiger partial charge is 0.225 e. The number of aromatic nitrogens is 1. The van der Waals surface area contributed by atoms with Crippen LogP contribution in [-0.2, 0) is 16.8 Å². The zero-order valence-corrected chi connectivity index (χ0v) is 11.6. The van der Waals surface area contributed by atoms with Gasteiger partial charge in [0, 0.05) is 12.4 Å². The molecule has 0 saturated carbocycles. The second-order valence-corrected chi connectivity index (χ2v) is 5.22. The van der Waals surface area contributed by atoms with Gasteiger partial charge in [-0.3, -0.25) is 9.78 Å². The molecule has 0 aliphatic carbocycles. The van der Waals surface area contributed by atoms with Gasteiger partial charge in [0.15, 0.2) is 0 Å². The maximum Gasteiger partial charge on any atom is 0.225 e. The molecule has 2 rings (SSSR count). The van der Waals surface area contributed by atoms with Gasteiger partial charge >= 0.3 is 0 Å². The molecule has 2 aromatic rings. The first kappa shape index (κ1) is 14.2. The Morgan fingerprint density at radius 3 is 2.55 bits per heavy atom. The molecule has 0 fully saturated rings. The van der Waals surface area contributed by atoms with Gasteiger partial charge in [0.25, 0.3) is 0 Å². The van der Waals surface area contributed by atoms with Crippen LogP contribution in [0.1, 0.15) is 25.0 Å². The van der Waals surface area contributed by atoms with E-state index in [1.165, 1.54) is 12.1 Å². The zero-order chi connectivity index (χ0) is 14.6. The number of carbonyl (C=O) groups is 1. The summed E-state index contributed by atoms with van der Waals surface area (Å²) in [6.45, 7) is 3.85. The molecule has 3 nitrogen and oxygen atoms in total. The van der Waals surface area contributed by atoms with E-state index in [2.05, 4.69) is 10.3 Å². The fourth-order valence-corrected chi connectivity index (χ4v) is 1.99. The molecule has 0 atom stereocenters. The van der Waals surface area contributed by atoms with Crippen LogP contribution >= 0.6 is 0 Å². The monoisotopic (exact) mass is 272 g/mol. The minimum absolute atomic E-state index is 0.106. The molecule has 0 radical (unpaired) electrons. The lowest BCUT2D eigenvalue weighted by Gasteiger charge is -2.26. The lowest BCUT2D eigenvalue weighted by molar-refractivity contribution is -0.122. The first-order chi connectivity index (χ1) is 9.47. The van der Waals surface area contributed by atoms with E-state index in [0.717, 1.165) is 11.1 Å². The number of benzene rings is 1. The van der Waals surface area contributed by atoms with Crippen LogP contribution in [0, 0.1) is 5.82 Å². The fourth-order valence-electron chi connectivity index (χ4n) is 1.99. The molecule has 1 heterocycles. The largest absolute Gasteiger partial charge is 0.347 e. The SMILES string of the molecule is CC(C)(NC(=O)Cc1ccc(F)cc1)c1cccnc1. The molecule has 104 valence electrons. The van der Waals surface area contributed by atoms with Gasteiger partial charge in [0.05, 0.1) is 12.0 Å².